The van der Waals surface area contributed by atoms with Gasteiger partial charge in [0.15, 0.2) is 0 Å². The molecular weight excluding hydrogens is 256 g/mol. The molecule has 21 heavy (non-hydrogen) atoms. The molecule has 2 bridgehead atoms. The first kappa shape index (κ1) is 13.1. The molecule has 0 N–H and O–H groups in total. The third-order valence-electron chi connectivity index (χ3n) is 5.79. The first-order valence-corrected chi connectivity index (χ1v) is 8.32. The fraction of sp³-hybridized carbons (Fsp3) is 0.526. The summed E-state index contributed by atoms with van der Waals surface area (Å²) in [6, 6.07) is 11.6. The zero-order valence-electron chi connectivity index (χ0n) is 13.0. The van der Waals surface area contributed by atoms with E-state index in [1.165, 1.54) is 48.7 Å². The van der Waals surface area contributed by atoms with E-state index in [9.17, 15) is 0 Å². The lowest BCUT2D eigenvalue weighted by Gasteiger charge is -2.57. The van der Waals surface area contributed by atoms with Crippen molar-refractivity contribution in [3.8, 4) is 0 Å². The van der Waals surface area contributed by atoms with E-state index in [1.807, 2.05) is 12.3 Å². The van der Waals surface area contributed by atoms with Crippen LogP contribution >= 0.6 is 0 Å². The molecule has 0 saturated carbocycles. The van der Waals surface area contributed by atoms with E-state index in [1.54, 1.807) is 0 Å². The van der Waals surface area contributed by atoms with Gasteiger partial charge in [-0.3, -0.25) is 4.98 Å². The Morgan fingerprint density at radius 1 is 1.14 bits per heavy atom. The average molecular weight is 280 g/mol. The largest absolute Gasteiger partial charge is 0.361 e. The molecule has 2 nitrogen and oxygen atoms in total. The molecule has 0 radical (unpaired) electrons. The van der Waals surface area contributed by atoms with Gasteiger partial charge in [-0.2, -0.15) is 0 Å². The molecule has 3 atom stereocenters. The van der Waals surface area contributed by atoms with Gasteiger partial charge in [-0.15, -0.1) is 0 Å². The first-order valence-electron chi connectivity index (χ1n) is 8.32. The number of piperidine rings is 2. The minimum atomic E-state index is 0.321. The minimum absolute atomic E-state index is 0.321. The van der Waals surface area contributed by atoms with Crippen LogP contribution in [0.4, 0.5) is 5.69 Å². The van der Waals surface area contributed by atoms with Gasteiger partial charge < -0.3 is 4.90 Å². The number of hydrogen-bond donors (Lipinski definition) is 0. The molecule has 110 valence electrons. The van der Waals surface area contributed by atoms with Crippen LogP contribution in [-0.4, -0.2) is 16.6 Å². The van der Waals surface area contributed by atoms with Crippen LogP contribution in [0, 0.1) is 5.92 Å². The van der Waals surface area contributed by atoms with Gasteiger partial charge in [0.25, 0.3) is 0 Å². The van der Waals surface area contributed by atoms with Crippen LogP contribution in [0.5, 0.6) is 0 Å². The fourth-order valence-corrected chi connectivity index (χ4v) is 4.61. The molecule has 3 unspecified atom stereocenters. The SMILES string of the molecule is CC1CCC2(C)CCCC1N2c1cccc2cccnc12. The molecule has 2 fully saturated rings. The summed E-state index contributed by atoms with van der Waals surface area (Å²) in [4.78, 5) is 7.43. The highest BCUT2D eigenvalue weighted by atomic mass is 15.3. The van der Waals surface area contributed by atoms with E-state index in [0.29, 0.717) is 11.6 Å². The Hall–Kier alpha value is -1.57. The number of pyridine rings is 1. The molecular formula is C19H24N2. The fourth-order valence-electron chi connectivity index (χ4n) is 4.61. The number of anilines is 1. The molecule has 1 aromatic heterocycles. The summed E-state index contributed by atoms with van der Waals surface area (Å²) in [7, 11) is 0. The zero-order valence-corrected chi connectivity index (χ0v) is 13.0. The predicted molar refractivity (Wildman–Crippen MR) is 88.7 cm³/mol. The normalized spacial score (nSPS) is 32.4. The molecule has 1 aromatic carbocycles. The van der Waals surface area contributed by atoms with E-state index >= 15 is 0 Å². The van der Waals surface area contributed by atoms with Crippen molar-refractivity contribution in [1.82, 2.24) is 4.98 Å². The third-order valence-corrected chi connectivity index (χ3v) is 5.79. The summed E-state index contributed by atoms with van der Waals surface area (Å²) in [5.74, 6) is 0.789. The average Bonchev–Trinajstić information content (AvgIpc) is 2.51. The first-order chi connectivity index (χ1) is 10.2. The van der Waals surface area contributed by atoms with Crippen molar-refractivity contribution in [2.75, 3.05) is 4.90 Å². The molecule has 0 amide bonds. The number of hydrogen-bond acceptors (Lipinski definition) is 2. The van der Waals surface area contributed by atoms with Gasteiger partial charge in [-0.1, -0.05) is 25.1 Å². The van der Waals surface area contributed by atoms with E-state index in [4.69, 9.17) is 4.98 Å². The Kier molecular flexibility index (Phi) is 2.95. The van der Waals surface area contributed by atoms with Gasteiger partial charge in [0.05, 0.1) is 11.2 Å². The molecule has 3 heterocycles. The van der Waals surface area contributed by atoms with Gasteiger partial charge in [0, 0.05) is 23.2 Å². The Labute approximate surface area is 127 Å². The van der Waals surface area contributed by atoms with Crippen LogP contribution in [0.3, 0.4) is 0 Å². The van der Waals surface area contributed by atoms with Crippen molar-refractivity contribution in [2.45, 2.75) is 57.5 Å². The summed E-state index contributed by atoms with van der Waals surface area (Å²) in [5, 5.41) is 1.26. The Bertz CT molecular complexity index is 660. The molecule has 2 heteroatoms. The van der Waals surface area contributed by atoms with Gasteiger partial charge in [0.1, 0.15) is 0 Å². The van der Waals surface area contributed by atoms with Crippen LogP contribution in [-0.2, 0) is 0 Å². The van der Waals surface area contributed by atoms with Gasteiger partial charge >= 0.3 is 0 Å². The highest BCUT2D eigenvalue weighted by Gasteiger charge is 2.45. The molecule has 2 aliphatic heterocycles. The van der Waals surface area contributed by atoms with E-state index in [-0.39, 0.29) is 0 Å². The van der Waals surface area contributed by atoms with Gasteiger partial charge in [-0.25, -0.2) is 0 Å². The summed E-state index contributed by atoms with van der Waals surface area (Å²) in [5.41, 5.74) is 2.85. The maximum atomic E-state index is 4.70. The quantitative estimate of drug-likeness (QED) is 0.747. The number of rotatable bonds is 1. The van der Waals surface area contributed by atoms with E-state index in [2.05, 4.69) is 43.0 Å². The standard InChI is InChI=1S/C19H24N2/c1-14-10-12-19(2)11-4-9-16(14)21(19)17-8-3-6-15-7-5-13-20-18(15)17/h3,5-8,13-14,16H,4,9-12H2,1-2H3. The second kappa shape index (κ2) is 4.72. The van der Waals surface area contributed by atoms with Crippen molar-refractivity contribution in [3.05, 3.63) is 36.5 Å². The number of para-hydroxylation sites is 1. The number of benzene rings is 1. The topological polar surface area (TPSA) is 16.1 Å². The van der Waals surface area contributed by atoms with Crippen LogP contribution < -0.4 is 4.90 Å². The monoisotopic (exact) mass is 280 g/mol. The maximum Gasteiger partial charge on any atom is 0.0935 e. The Morgan fingerprint density at radius 3 is 2.90 bits per heavy atom. The Balaban J connectivity index is 1.90. The highest BCUT2D eigenvalue weighted by Crippen LogP contribution is 2.47. The molecule has 2 saturated heterocycles. The highest BCUT2D eigenvalue weighted by molar-refractivity contribution is 5.91. The Morgan fingerprint density at radius 2 is 2.00 bits per heavy atom. The van der Waals surface area contributed by atoms with Crippen molar-refractivity contribution < 1.29 is 0 Å². The van der Waals surface area contributed by atoms with Crippen molar-refractivity contribution >= 4 is 16.6 Å². The van der Waals surface area contributed by atoms with Gasteiger partial charge in [-0.05, 0) is 57.1 Å². The molecule has 0 aliphatic carbocycles. The van der Waals surface area contributed by atoms with Crippen LogP contribution in [0.15, 0.2) is 36.5 Å². The number of fused-ring (bicyclic) bond motifs is 3. The predicted octanol–water partition coefficient (Wildman–Crippen LogP) is 4.78. The molecule has 2 aliphatic rings. The van der Waals surface area contributed by atoms with Crippen LogP contribution in [0.2, 0.25) is 0 Å². The summed E-state index contributed by atoms with van der Waals surface area (Å²) in [6.45, 7) is 4.90. The second-order valence-corrected chi connectivity index (χ2v) is 7.19. The molecule has 4 rings (SSSR count). The lowest BCUT2D eigenvalue weighted by Crippen LogP contribution is -2.60. The zero-order chi connectivity index (χ0) is 14.4. The van der Waals surface area contributed by atoms with Crippen molar-refractivity contribution in [3.63, 3.8) is 0 Å². The summed E-state index contributed by atoms with van der Waals surface area (Å²) < 4.78 is 0. The molecule has 2 aromatic rings. The number of aromatic nitrogens is 1. The van der Waals surface area contributed by atoms with Crippen molar-refractivity contribution in [1.29, 1.82) is 0 Å². The summed E-state index contributed by atoms with van der Waals surface area (Å²) >= 11 is 0. The lowest BCUT2D eigenvalue weighted by molar-refractivity contribution is 0.164. The second-order valence-electron chi connectivity index (χ2n) is 7.19. The third kappa shape index (κ3) is 1.96. The minimum Gasteiger partial charge on any atom is -0.361 e. The van der Waals surface area contributed by atoms with Gasteiger partial charge in [0.2, 0.25) is 0 Å². The van der Waals surface area contributed by atoms with Crippen LogP contribution in [0.25, 0.3) is 10.9 Å². The summed E-state index contributed by atoms with van der Waals surface area (Å²) in [6.07, 6.45) is 8.64. The van der Waals surface area contributed by atoms with E-state index in [0.717, 1.165) is 5.92 Å². The van der Waals surface area contributed by atoms with Crippen LogP contribution in [0.1, 0.15) is 46.0 Å². The maximum absolute atomic E-state index is 4.70. The van der Waals surface area contributed by atoms with Crippen molar-refractivity contribution in [2.24, 2.45) is 5.92 Å². The number of nitrogens with zero attached hydrogens (tertiary/aromatic N) is 2. The van der Waals surface area contributed by atoms with E-state index < -0.39 is 0 Å². The smallest absolute Gasteiger partial charge is 0.0935 e. The molecule has 0 spiro atoms. The lowest BCUT2D eigenvalue weighted by atomic mass is 9.71.